The lowest BCUT2D eigenvalue weighted by molar-refractivity contribution is -0.137. The van der Waals surface area contributed by atoms with Crippen LogP contribution in [0, 0.1) is 5.82 Å². The maximum Gasteiger partial charge on any atom is 0.263 e. The molecular formula is C15H23FN2O2. The highest BCUT2D eigenvalue weighted by Crippen LogP contribution is 2.26. The Morgan fingerprint density at radius 2 is 1.95 bits per heavy atom. The van der Waals surface area contributed by atoms with Crippen molar-refractivity contribution in [2.45, 2.75) is 39.8 Å². The Bertz CT molecular complexity index is 459. The van der Waals surface area contributed by atoms with Crippen LogP contribution in [0.1, 0.15) is 39.3 Å². The van der Waals surface area contributed by atoms with E-state index in [9.17, 15) is 9.18 Å². The van der Waals surface area contributed by atoms with E-state index >= 15 is 0 Å². The summed E-state index contributed by atoms with van der Waals surface area (Å²) in [5.74, 6) is -0.00303. The van der Waals surface area contributed by atoms with Gasteiger partial charge in [-0.3, -0.25) is 4.79 Å². The van der Waals surface area contributed by atoms with Gasteiger partial charge in [-0.25, -0.2) is 4.39 Å². The topological polar surface area (TPSA) is 55.6 Å². The van der Waals surface area contributed by atoms with Crippen molar-refractivity contribution >= 4 is 5.91 Å². The van der Waals surface area contributed by atoms with Crippen LogP contribution < -0.4 is 10.5 Å². The summed E-state index contributed by atoms with van der Waals surface area (Å²) in [5, 5.41) is 0. The molecule has 1 rings (SSSR count). The molecule has 4 nitrogen and oxygen atoms in total. The van der Waals surface area contributed by atoms with Gasteiger partial charge in [0.05, 0.1) is 0 Å². The molecular weight excluding hydrogens is 259 g/mol. The molecule has 2 N–H and O–H groups in total. The second-order valence-electron chi connectivity index (χ2n) is 4.74. The Hall–Kier alpha value is -1.62. The molecule has 0 aromatic heterocycles. The zero-order valence-corrected chi connectivity index (χ0v) is 12.5. The van der Waals surface area contributed by atoms with Gasteiger partial charge in [-0.1, -0.05) is 0 Å². The molecule has 1 amide bonds. The third-order valence-corrected chi connectivity index (χ3v) is 3.19. The van der Waals surface area contributed by atoms with E-state index < -0.39 is 6.10 Å². The zero-order chi connectivity index (χ0) is 15.3. The summed E-state index contributed by atoms with van der Waals surface area (Å²) >= 11 is 0. The van der Waals surface area contributed by atoms with Gasteiger partial charge in [-0.15, -0.1) is 0 Å². The van der Waals surface area contributed by atoms with Gasteiger partial charge in [-0.05, 0) is 45.9 Å². The molecule has 1 aromatic carbocycles. The van der Waals surface area contributed by atoms with E-state index in [1.165, 1.54) is 18.2 Å². The second-order valence-corrected chi connectivity index (χ2v) is 4.74. The van der Waals surface area contributed by atoms with Crippen LogP contribution in [-0.2, 0) is 4.79 Å². The summed E-state index contributed by atoms with van der Waals surface area (Å²) in [6, 6.07) is 3.79. The highest BCUT2D eigenvalue weighted by Gasteiger charge is 2.21. The average molecular weight is 282 g/mol. The number of hydrogen-bond acceptors (Lipinski definition) is 3. The number of carbonyl (C=O) groups excluding carboxylic acids is 1. The van der Waals surface area contributed by atoms with Crippen LogP contribution >= 0.6 is 0 Å². The molecule has 0 fully saturated rings. The first-order chi connectivity index (χ1) is 9.40. The molecule has 0 radical (unpaired) electrons. The Labute approximate surface area is 119 Å². The number of nitrogens with zero attached hydrogens (tertiary/aromatic N) is 1. The quantitative estimate of drug-likeness (QED) is 0.872. The number of ether oxygens (including phenoxy) is 1. The van der Waals surface area contributed by atoms with Gasteiger partial charge in [0.15, 0.2) is 6.10 Å². The van der Waals surface area contributed by atoms with Crippen LogP contribution in [0.5, 0.6) is 5.75 Å². The molecule has 0 saturated carbocycles. The van der Waals surface area contributed by atoms with E-state index in [1.807, 2.05) is 13.8 Å². The maximum atomic E-state index is 13.3. The maximum absolute atomic E-state index is 13.3. The number of benzene rings is 1. The van der Waals surface area contributed by atoms with Crippen molar-refractivity contribution in [3.8, 4) is 5.75 Å². The highest BCUT2D eigenvalue weighted by atomic mass is 19.1. The van der Waals surface area contributed by atoms with Crippen molar-refractivity contribution < 1.29 is 13.9 Å². The molecule has 0 aliphatic heterocycles. The minimum Gasteiger partial charge on any atom is -0.481 e. The van der Waals surface area contributed by atoms with E-state index in [2.05, 4.69) is 0 Å². The van der Waals surface area contributed by atoms with Crippen molar-refractivity contribution in [1.29, 1.82) is 0 Å². The number of hydrogen-bond donors (Lipinski definition) is 1. The van der Waals surface area contributed by atoms with E-state index in [4.69, 9.17) is 10.5 Å². The standard InChI is InChI=1S/C15H23FN2O2/c1-5-18(6-2)15(19)11(4)20-14-8-7-12(16)9-13(14)10(3)17/h7-11H,5-6,17H2,1-4H3. The van der Waals surface area contributed by atoms with E-state index in [0.29, 0.717) is 24.4 Å². The molecule has 2 atom stereocenters. The summed E-state index contributed by atoms with van der Waals surface area (Å²) in [6.07, 6.45) is -0.627. The number of likely N-dealkylation sites (N-methyl/N-ethyl adjacent to an activating group) is 1. The molecule has 0 aliphatic rings. The van der Waals surface area contributed by atoms with Gasteiger partial charge in [-0.2, -0.15) is 0 Å². The predicted octanol–water partition coefficient (Wildman–Crippen LogP) is 2.48. The Morgan fingerprint density at radius 3 is 2.45 bits per heavy atom. The van der Waals surface area contributed by atoms with Crippen molar-refractivity contribution in [2.24, 2.45) is 5.73 Å². The van der Waals surface area contributed by atoms with Gasteiger partial charge in [0.25, 0.3) is 5.91 Å². The molecule has 2 unspecified atom stereocenters. The van der Waals surface area contributed by atoms with Crippen molar-refractivity contribution in [3.63, 3.8) is 0 Å². The lowest BCUT2D eigenvalue weighted by Crippen LogP contribution is -2.40. The monoisotopic (exact) mass is 282 g/mol. The Kier molecular flexibility index (Phi) is 5.95. The van der Waals surface area contributed by atoms with Gasteiger partial charge >= 0.3 is 0 Å². The molecule has 5 heteroatoms. The zero-order valence-electron chi connectivity index (χ0n) is 12.5. The SMILES string of the molecule is CCN(CC)C(=O)C(C)Oc1ccc(F)cc1C(C)N. The molecule has 0 spiro atoms. The van der Waals surface area contributed by atoms with Crippen LogP contribution in [-0.4, -0.2) is 30.0 Å². The molecule has 0 saturated heterocycles. The number of nitrogens with two attached hydrogens (primary N) is 1. The fourth-order valence-corrected chi connectivity index (χ4v) is 2.02. The number of carbonyl (C=O) groups is 1. The van der Waals surface area contributed by atoms with Crippen LogP contribution in [0.15, 0.2) is 18.2 Å². The molecule has 1 aromatic rings. The number of amides is 1. The third kappa shape index (κ3) is 3.93. The minimum absolute atomic E-state index is 0.0880. The first-order valence-electron chi connectivity index (χ1n) is 6.91. The first kappa shape index (κ1) is 16.4. The lowest BCUT2D eigenvalue weighted by Gasteiger charge is -2.24. The summed E-state index contributed by atoms with van der Waals surface area (Å²) in [4.78, 5) is 13.8. The normalized spacial score (nSPS) is 13.7. The van der Waals surface area contributed by atoms with Crippen molar-refractivity contribution in [2.75, 3.05) is 13.1 Å². The third-order valence-electron chi connectivity index (χ3n) is 3.19. The molecule has 0 aliphatic carbocycles. The molecule has 112 valence electrons. The summed E-state index contributed by atoms with van der Waals surface area (Å²) in [5.41, 5.74) is 6.36. The van der Waals surface area contributed by atoms with Crippen molar-refractivity contribution in [3.05, 3.63) is 29.6 Å². The van der Waals surface area contributed by atoms with E-state index in [-0.39, 0.29) is 17.8 Å². The van der Waals surface area contributed by atoms with Crippen LogP contribution in [0.3, 0.4) is 0 Å². The summed E-state index contributed by atoms with van der Waals surface area (Å²) in [7, 11) is 0. The number of halogens is 1. The smallest absolute Gasteiger partial charge is 0.263 e. The van der Waals surface area contributed by atoms with Crippen LogP contribution in [0.2, 0.25) is 0 Å². The first-order valence-corrected chi connectivity index (χ1v) is 6.91. The van der Waals surface area contributed by atoms with Gasteiger partial charge in [0, 0.05) is 24.7 Å². The Balaban J connectivity index is 2.90. The largest absolute Gasteiger partial charge is 0.481 e. The fraction of sp³-hybridized carbons (Fsp3) is 0.533. The van der Waals surface area contributed by atoms with Crippen LogP contribution in [0.25, 0.3) is 0 Å². The van der Waals surface area contributed by atoms with Gasteiger partial charge in [0.1, 0.15) is 11.6 Å². The molecule has 0 bridgehead atoms. The van der Waals surface area contributed by atoms with E-state index in [0.717, 1.165) is 0 Å². The lowest BCUT2D eigenvalue weighted by atomic mass is 10.1. The predicted molar refractivity (Wildman–Crippen MR) is 77.0 cm³/mol. The molecule has 0 heterocycles. The molecule has 20 heavy (non-hydrogen) atoms. The summed E-state index contributed by atoms with van der Waals surface area (Å²) < 4.78 is 18.9. The van der Waals surface area contributed by atoms with Gasteiger partial charge in [0.2, 0.25) is 0 Å². The van der Waals surface area contributed by atoms with E-state index in [1.54, 1.807) is 18.7 Å². The summed E-state index contributed by atoms with van der Waals surface area (Å²) in [6.45, 7) is 8.53. The highest BCUT2D eigenvalue weighted by molar-refractivity contribution is 5.80. The minimum atomic E-state index is -0.627. The fourth-order valence-electron chi connectivity index (χ4n) is 2.02. The Morgan fingerprint density at radius 1 is 1.35 bits per heavy atom. The number of rotatable bonds is 6. The van der Waals surface area contributed by atoms with Crippen molar-refractivity contribution in [1.82, 2.24) is 4.90 Å². The van der Waals surface area contributed by atoms with Gasteiger partial charge < -0.3 is 15.4 Å². The average Bonchev–Trinajstić information content (AvgIpc) is 2.41. The second kappa shape index (κ2) is 7.24. The van der Waals surface area contributed by atoms with Crippen LogP contribution in [0.4, 0.5) is 4.39 Å².